The number of amides is 1. The van der Waals surface area contributed by atoms with Crippen LogP contribution in [0.15, 0.2) is 0 Å². The number of carboxylic acids is 1. The fraction of sp³-hybridized carbons (Fsp3) is 0.833. The van der Waals surface area contributed by atoms with Gasteiger partial charge in [0.05, 0.1) is 11.9 Å². The summed E-state index contributed by atoms with van der Waals surface area (Å²) in [7, 11) is 0. The van der Waals surface area contributed by atoms with E-state index in [1.54, 1.807) is 11.8 Å². The van der Waals surface area contributed by atoms with Crippen molar-refractivity contribution in [1.82, 2.24) is 10.2 Å². The van der Waals surface area contributed by atoms with Crippen molar-refractivity contribution in [3.63, 3.8) is 0 Å². The van der Waals surface area contributed by atoms with Crippen molar-refractivity contribution in [1.29, 1.82) is 0 Å². The number of thioether (sulfide) groups is 1. The number of aliphatic hydroxyl groups is 1. The lowest BCUT2D eigenvalue weighted by molar-refractivity contribution is -0.147. The van der Waals surface area contributed by atoms with Crippen LogP contribution in [0, 0.1) is 0 Å². The van der Waals surface area contributed by atoms with Gasteiger partial charge in [-0.15, -0.1) is 11.8 Å². The van der Waals surface area contributed by atoms with Crippen molar-refractivity contribution >= 4 is 23.6 Å². The van der Waals surface area contributed by atoms with Crippen LogP contribution in [-0.2, 0) is 9.59 Å². The highest BCUT2D eigenvalue weighted by atomic mass is 32.2. The molecule has 2 rings (SSSR count). The highest BCUT2D eigenvalue weighted by Gasteiger charge is 2.38. The van der Waals surface area contributed by atoms with E-state index in [0.29, 0.717) is 11.0 Å². The highest BCUT2D eigenvalue weighted by molar-refractivity contribution is 8.00. The molecule has 0 aromatic carbocycles. The van der Waals surface area contributed by atoms with Crippen molar-refractivity contribution in [2.75, 3.05) is 25.4 Å². The van der Waals surface area contributed by atoms with Gasteiger partial charge in [0.15, 0.2) is 0 Å². The van der Waals surface area contributed by atoms with Gasteiger partial charge in [-0.25, -0.2) is 4.79 Å². The van der Waals surface area contributed by atoms with E-state index in [2.05, 4.69) is 5.32 Å². The number of likely N-dealkylation sites (tertiary alicyclic amines) is 1. The van der Waals surface area contributed by atoms with Crippen LogP contribution in [0.5, 0.6) is 0 Å². The Kier molecular flexibility index (Phi) is 5.06. The molecule has 0 aliphatic carbocycles. The molecule has 1 amide bonds. The maximum absolute atomic E-state index is 12.1. The summed E-state index contributed by atoms with van der Waals surface area (Å²) in [5.74, 6) is -0.898. The van der Waals surface area contributed by atoms with Crippen LogP contribution in [0.1, 0.15) is 19.3 Å². The molecule has 7 heteroatoms. The topological polar surface area (TPSA) is 89.9 Å². The highest BCUT2D eigenvalue weighted by Crippen LogP contribution is 2.23. The molecule has 6 nitrogen and oxygen atoms in total. The number of β-amino-alcohol motifs (C(OH)–C–C–N with tert-alkyl or cyclic N) is 1. The molecule has 2 atom stereocenters. The molecular weight excluding hydrogens is 268 g/mol. The van der Waals surface area contributed by atoms with Gasteiger partial charge < -0.3 is 20.4 Å². The Labute approximate surface area is 116 Å². The van der Waals surface area contributed by atoms with E-state index in [0.717, 1.165) is 25.9 Å². The second-order valence-electron chi connectivity index (χ2n) is 5.05. The average molecular weight is 288 g/mol. The van der Waals surface area contributed by atoms with E-state index in [-0.39, 0.29) is 18.9 Å². The SMILES string of the molecule is O=C(O)[C@H]1C[C@@H](O)CN1C(=O)CSC1CCNCC1. The van der Waals surface area contributed by atoms with Crippen molar-refractivity contribution in [2.24, 2.45) is 0 Å². The summed E-state index contributed by atoms with van der Waals surface area (Å²) < 4.78 is 0. The number of carbonyl (C=O) groups excluding carboxylic acids is 1. The molecule has 2 aliphatic heterocycles. The number of hydrogen-bond donors (Lipinski definition) is 3. The minimum Gasteiger partial charge on any atom is -0.480 e. The maximum atomic E-state index is 12.1. The fourth-order valence-corrected chi connectivity index (χ4v) is 3.67. The minimum absolute atomic E-state index is 0.138. The van der Waals surface area contributed by atoms with Crippen molar-refractivity contribution in [2.45, 2.75) is 36.7 Å². The normalized spacial score (nSPS) is 28.6. The lowest BCUT2D eigenvalue weighted by Crippen LogP contribution is -2.42. The van der Waals surface area contributed by atoms with E-state index in [1.165, 1.54) is 4.90 Å². The summed E-state index contributed by atoms with van der Waals surface area (Å²) in [4.78, 5) is 24.4. The Morgan fingerprint density at radius 1 is 1.32 bits per heavy atom. The standard InChI is InChI=1S/C12H20N2O4S/c15-8-5-10(12(17)18)14(6-8)11(16)7-19-9-1-3-13-4-2-9/h8-10,13,15H,1-7H2,(H,17,18)/t8-,10-/m1/s1. The fourth-order valence-electron chi connectivity index (χ4n) is 2.56. The van der Waals surface area contributed by atoms with Crippen LogP contribution in [0.2, 0.25) is 0 Å². The van der Waals surface area contributed by atoms with Crippen LogP contribution in [0.25, 0.3) is 0 Å². The molecule has 3 N–H and O–H groups in total. The Morgan fingerprint density at radius 2 is 2.00 bits per heavy atom. The number of carbonyl (C=O) groups is 2. The van der Waals surface area contributed by atoms with Crippen molar-refractivity contribution in [3.05, 3.63) is 0 Å². The Bertz CT molecular complexity index is 347. The maximum Gasteiger partial charge on any atom is 0.326 e. The van der Waals surface area contributed by atoms with Crippen LogP contribution in [-0.4, -0.2) is 69.8 Å². The number of aliphatic carboxylic acids is 1. The molecule has 0 aromatic heterocycles. The van der Waals surface area contributed by atoms with E-state index in [1.807, 2.05) is 0 Å². The van der Waals surface area contributed by atoms with E-state index >= 15 is 0 Å². The Balaban J connectivity index is 1.82. The van der Waals surface area contributed by atoms with Gasteiger partial charge in [-0.3, -0.25) is 4.79 Å². The first-order valence-corrected chi connectivity index (χ1v) is 7.65. The van der Waals surface area contributed by atoms with Crippen LogP contribution < -0.4 is 5.32 Å². The zero-order chi connectivity index (χ0) is 13.8. The first-order chi connectivity index (χ1) is 9.08. The average Bonchev–Trinajstić information content (AvgIpc) is 2.79. The van der Waals surface area contributed by atoms with Crippen molar-refractivity contribution in [3.8, 4) is 0 Å². The number of hydrogen-bond acceptors (Lipinski definition) is 5. The number of carboxylic acid groups (broad SMARTS) is 1. The summed E-state index contributed by atoms with van der Waals surface area (Å²) in [5, 5.41) is 22.3. The molecule has 19 heavy (non-hydrogen) atoms. The van der Waals surface area contributed by atoms with E-state index in [4.69, 9.17) is 5.11 Å². The molecule has 0 aromatic rings. The van der Waals surface area contributed by atoms with Gasteiger partial charge in [-0.2, -0.15) is 0 Å². The molecule has 0 spiro atoms. The number of nitrogens with one attached hydrogen (secondary N) is 1. The number of aliphatic hydroxyl groups excluding tert-OH is 1. The van der Waals surface area contributed by atoms with Gasteiger partial charge >= 0.3 is 5.97 Å². The van der Waals surface area contributed by atoms with E-state index < -0.39 is 18.1 Å². The van der Waals surface area contributed by atoms with Gasteiger partial charge in [0, 0.05) is 18.2 Å². The monoisotopic (exact) mass is 288 g/mol. The molecule has 0 unspecified atom stereocenters. The van der Waals surface area contributed by atoms with Gasteiger partial charge in [-0.1, -0.05) is 0 Å². The molecule has 2 heterocycles. The summed E-state index contributed by atoms with van der Waals surface area (Å²) in [6, 6.07) is -0.865. The molecule has 2 saturated heterocycles. The van der Waals surface area contributed by atoms with Crippen LogP contribution in [0.3, 0.4) is 0 Å². The molecule has 0 bridgehead atoms. The Morgan fingerprint density at radius 3 is 2.63 bits per heavy atom. The smallest absolute Gasteiger partial charge is 0.326 e. The zero-order valence-corrected chi connectivity index (χ0v) is 11.6. The molecule has 2 aliphatic rings. The third kappa shape index (κ3) is 3.84. The minimum atomic E-state index is -1.03. The molecule has 0 radical (unpaired) electrons. The van der Waals surface area contributed by atoms with Gasteiger partial charge in [0.1, 0.15) is 6.04 Å². The molecular formula is C12H20N2O4S. The summed E-state index contributed by atoms with van der Waals surface area (Å²) in [6.07, 6.45) is 1.51. The molecule has 2 fully saturated rings. The number of nitrogens with zero attached hydrogens (tertiary/aromatic N) is 1. The molecule has 108 valence electrons. The summed E-state index contributed by atoms with van der Waals surface area (Å²) in [6.45, 7) is 2.10. The number of rotatable bonds is 4. The third-order valence-corrected chi connectivity index (χ3v) is 4.97. The second kappa shape index (κ2) is 6.58. The first-order valence-electron chi connectivity index (χ1n) is 6.60. The van der Waals surface area contributed by atoms with Crippen molar-refractivity contribution < 1.29 is 19.8 Å². The summed E-state index contributed by atoms with van der Waals surface area (Å²) in [5.41, 5.74) is 0. The summed E-state index contributed by atoms with van der Waals surface area (Å²) >= 11 is 1.60. The van der Waals surface area contributed by atoms with Crippen LogP contribution in [0.4, 0.5) is 0 Å². The quantitative estimate of drug-likeness (QED) is 0.647. The lowest BCUT2D eigenvalue weighted by atomic mass is 10.2. The largest absolute Gasteiger partial charge is 0.480 e. The third-order valence-electron chi connectivity index (χ3n) is 3.61. The van der Waals surface area contributed by atoms with Crippen LogP contribution >= 0.6 is 11.8 Å². The molecule has 0 saturated carbocycles. The Hall–Kier alpha value is -0.790. The lowest BCUT2D eigenvalue weighted by Gasteiger charge is -2.24. The predicted octanol–water partition coefficient (Wildman–Crippen LogP) is -0.482. The number of piperidine rings is 1. The van der Waals surface area contributed by atoms with E-state index in [9.17, 15) is 14.7 Å². The predicted molar refractivity (Wildman–Crippen MR) is 72.1 cm³/mol. The van der Waals surface area contributed by atoms with Gasteiger partial charge in [0.25, 0.3) is 0 Å². The van der Waals surface area contributed by atoms with Gasteiger partial charge in [0.2, 0.25) is 5.91 Å². The van der Waals surface area contributed by atoms with Gasteiger partial charge in [-0.05, 0) is 25.9 Å². The first kappa shape index (κ1) is 14.6. The second-order valence-corrected chi connectivity index (χ2v) is 6.34. The zero-order valence-electron chi connectivity index (χ0n) is 10.7.